The number of aryl methyl sites for hydroxylation is 1. The van der Waals surface area contributed by atoms with Crippen molar-refractivity contribution in [1.29, 1.82) is 0 Å². The minimum absolute atomic E-state index is 0.400. The van der Waals surface area contributed by atoms with Crippen LogP contribution < -0.4 is 10.2 Å². The Hall–Kier alpha value is -0.515. The average Bonchev–Trinajstić information content (AvgIpc) is 2.07. The number of rotatable bonds is 2. The summed E-state index contributed by atoms with van der Waals surface area (Å²) < 4.78 is 5.76. The Morgan fingerprint density at radius 3 is 2.38 bits per heavy atom. The van der Waals surface area contributed by atoms with Crippen molar-refractivity contribution in [3.05, 3.63) is 22.2 Å². The summed E-state index contributed by atoms with van der Waals surface area (Å²) in [4.78, 5) is 0. The summed E-state index contributed by atoms with van der Waals surface area (Å²) in [6.07, 6.45) is 0. The molecule has 0 unspecified atom stereocenters. The second-order valence-electron chi connectivity index (χ2n) is 2.68. The van der Waals surface area contributed by atoms with Crippen LogP contribution in [-0.4, -0.2) is 24.3 Å². The lowest BCUT2D eigenvalue weighted by molar-refractivity contribution is 0.401. The third-order valence-corrected chi connectivity index (χ3v) is 2.45. The van der Waals surface area contributed by atoms with E-state index in [1.54, 1.807) is 19.1 Å². The zero-order valence-electron chi connectivity index (χ0n) is 7.41. The minimum atomic E-state index is -1.51. The Kier molecular flexibility index (Phi) is 3.36. The van der Waals surface area contributed by atoms with E-state index < -0.39 is 7.12 Å². The molecule has 5 heteroatoms. The summed E-state index contributed by atoms with van der Waals surface area (Å²) in [5.41, 5.74) is 1.19. The minimum Gasteiger partial charge on any atom is -0.496 e. The fraction of sp³-hybridized carbons (Fsp3) is 0.250. The molecule has 3 nitrogen and oxygen atoms in total. The third-order valence-electron chi connectivity index (χ3n) is 1.83. The van der Waals surface area contributed by atoms with Gasteiger partial charge in [-0.1, -0.05) is 6.07 Å². The number of benzene rings is 1. The molecule has 0 aliphatic carbocycles. The highest BCUT2D eigenvalue weighted by atomic mass is 79.9. The summed E-state index contributed by atoms with van der Waals surface area (Å²) in [5.74, 6) is 0.468. The van der Waals surface area contributed by atoms with Gasteiger partial charge >= 0.3 is 7.12 Å². The molecule has 1 aromatic rings. The Morgan fingerprint density at radius 1 is 1.38 bits per heavy atom. The van der Waals surface area contributed by atoms with Crippen LogP contribution in [0.5, 0.6) is 5.75 Å². The van der Waals surface area contributed by atoms with Gasteiger partial charge in [-0.15, -0.1) is 0 Å². The van der Waals surface area contributed by atoms with E-state index >= 15 is 0 Å². The Morgan fingerprint density at radius 2 is 2.00 bits per heavy atom. The third kappa shape index (κ3) is 2.04. The molecule has 0 aliphatic rings. The zero-order valence-corrected chi connectivity index (χ0v) is 9.00. The van der Waals surface area contributed by atoms with Crippen molar-refractivity contribution in [1.82, 2.24) is 0 Å². The summed E-state index contributed by atoms with van der Waals surface area (Å²) in [6.45, 7) is 1.80. The fourth-order valence-corrected chi connectivity index (χ4v) is 1.71. The molecule has 0 atom stereocenters. The maximum atomic E-state index is 9.10. The van der Waals surface area contributed by atoms with Crippen molar-refractivity contribution in [2.75, 3.05) is 7.11 Å². The van der Waals surface area contributed by atoms with Crippen molar-refractivity contribution in [2.24, 2.45) is 0 Å². The first-order valence-corrected chi connectivity index (χ1v) is 4.56. The van der Waals surface area contributed by atoms with E-state index in [1.807, 2.05) is 0 Å². The van der Waals surface area contributed by atoms with Crippen LogP contribution in [0.25, 0.3) is 0 Å². The van der Waals surface area contributed by atoms with Gasteiger partial charge in [-0.2, -0.15) is 0 Å². The molecule has 0 aliphatic heterocycles. The Bertz CT molecular complexity index is 315. The first kappa shape index (κ1) is 10.6. The summed E-state index contributed by atoms with van der Waals surface area (Å²) >= 11 is 3.26. The molecular formula is C8H10BBrO3. The predicted molar refractivity (Wildman–Crippen MR) is 55.3 cm³/mol. The van der Waals surface area contributed by atoms with Gasteiger partial charge in [0.05, 0.1) is 11.6 Å². The van der Waals surface area contributed by atoms with E-state index in [-0.39, 0.29) is 0 Å². The molecule has 0 amide bonds. The highest BCUT2D eigenvalue weighted by Gasteiger charge is 2.21. The second-order valence-corrected chi connectivity index (χ2v) is 3.54. The van der Waals surface area contributed by atoms with Crippen LogP contribution in [0.15, 0.2) is 16.6 Å². The van der Waals surface area contributed by atoms with Gasteiger partial charge in [0.25, 0.3) is 0 Å². The average molecular weight is 245 g/mol. The fourth-order valence-electron chi connectivity index (χ4n) is 1.20. The lowest BCUT2D eigenvalue weighted by Gasteiger charge is -2.12. The zero-order chi connectivity index (χ0) is 10.0. The molecular weight excluding hydrogens is 235 g/mol. The van der Waals surface area contributed by atoms with Gasteiger partial charge in [-0.3, -0.25) is 0 Å². The molecule has 0 aromatic heterocycles. The molecule has 2 N–H and O–H groups in total. The molecule has 0 saturated carbocycles. The van der Waals surface area contributed by atoms with Crippen LogP contribution in [0.1, 0.15) is 5.56 Å². The van der Waals surface area contributed by atoms with E-state index in [0.717, 1.165) is 5.56 Å². The number of ether oxygens (including phenoxy) is 1. The lowest BCUT2D eigenvalue weighted by Crippen LogP contribution is -2.33. The molecule has 0 fully saturated rings. The van der Waals surface area contributed by atoms with Crippen molar-refractivity contribution in [3.8, 4) is 5.75 Å². The van der Waals surface area contributed by atoms with Crippen molar-refractivity contribution < 1.29 is 14.8 Å². The SMILES string of the molecule is COc1c(Br)ccc(C)c1B(O)O. The first-order chi connectivity index (χ1) is 6.07. The maximum absolute atomic E-state index is 9.10. The highest BCUT2D eigenvalue weighted by Crippen LogP contribution is 2.23. The largest absolute Gasteiger partial charge is 0.496 e. The Balaban J connectivity index is 3.35. The molecule has 1 rings (SSSR count). The summed E-state index contributed by atoms with van der Waals surface area (Å²) in [6, 6.07) is 3.60. The molecule has 0 radical (unpaired) electrons. The quantitative estimate of drug-likeness (QED) is 0.743. The van der Waals surface area contributed by atoms with Crippen LogP contribution in [0.2, 0.25) is 0 Å². The van der Waals surface area contributed by atoms with Gasteiger partial charge in [-0.05, 0) is 34.5 Å². The number of hydrogen-bond donors (Lipinski definition) is 2. The monoisotopic (exact) mass is 244 g/mol. The summed E-state index contributed by atoms with van der Waals surface area (Å²) in [5, 5.41) is 18.2. The van der Waals surface area contributed by atoms with Gasteiger partial charge in [0, 0.05) is 5.46 Å². The lowest BCUT2D eigenvalue weighted by atomic mass is 9.76. The van der Waals surface area contributed by atoms with E-state index in [2.05, 4.69) is 15.9 Å². The number of hydrogen-bond acceptors (Lipinski definition) is 3. The smallest absolute Gasteiger partial charge is 0.492 e. The molecule has 1 aromatic carbocycles. The van der Waals surface area contributed by atoms with Crippen LogP contribution >= 0.6 is 15.9 Å². The van der Waals surface area contributed by atoms with Gasteiger partial charge in [0.1, 0.15) is 5.75 Å². The summed E-state index contributed by atoms with van der Waals surface area (Å²) in [7, 11) is -0.0155. The maximum Gasteiger partial charge on any atom is 0.492 e. The van der Waals surface area contributed by atoms with Gasteiger partial charge in [0.2, 0.25) is 0 Å². The molecule has 70 valence electrons. The van der Waals surface area contributed by atoms with Gasteiger partial charge in [0.15, 0.2) is 0 Å². The molecule has 0 bridgehead atoms. The molecule has 0 spiro atoms. The topological polar surface area (TPSA) is 49.7 Å². The van der Waals surface area contributed by atoms with Gasteiger partial charge < -0.3 is 14.8 Å². The normalized spacial score (nSPS) is 9.92. The number of methoxy groups -OCH3 is 1. The van der Waals surface area contributed by atoms with Gasteiger partial charge in [-0.25, -0.2) is 0 Å². The molecule has 0 saturated heterocycles. The van der Waals surface area contributed by atoms with E-state index in [1.165, 1.54) is 7.11 Å². The second kappa shape index (κ2) is 4.13. The standard InChI is InChI=1S/C8H10BBrO3/c1-5-3-4-6(10)8(13-2)7(5)9(11)12/h3-4,11-12H,1-2H3. The Labute approximate surface area is 85.6 Å². The number of halogens is 1. The van der Waals surface area contributed by atoms with Crippen LogP contribution in [0, 0.1) is 6.92 Å². The van der Waals surface area contributed by atoms with Crippen molar-refractivity contribution in [3.63, 3.8) is 0 Å². The highest BCUT2D eigenvalue weighted by molar-refractivity contribution is 9.10. The van der Waals surface area contributed by atoms with Crippen molar-refractivity contribution >= 4 is 28.5 Å². The van der Waals surface area contributed by atoms with Crippen LogP contribution in [0.4, 0.5) is 0 Å². The predicted octanol–water partition coefficient (Wildman–Crippen LogP) is 0.446. The van der Waals surface area contributed by atoms with Crippen molar-refractivity contribution in [2.45, 2.75) is 6.92 Å². The van der Waals surface area contributed by atoms with Crippen LogP contribution in [-0.2, 0) is 0 Å². The van der Waals surface area contributed by atoms with Crippen LogP contribution in [0.3, 0.4) is 0 Å². The van der Waals surface area contributed by atoms with E-state index in [9.17, 15) is 0 Å². The first-order valence-electron chi connectivity index (χ1n) is 3.77. The molecule has 0 heterocycles. The van der Waals surface area contributed by atoms with E-state index in [4.69, 9.17) is 14.8 Å². The van der Waals surface area contributed by atoms with E-state index in [0.29, 0.717) is 15.7 Å². The molecule has 13 heavy (non-hydrogen) atoms.